The summed E-state index contributed by atoms with van der Waals surface area (Å²) < 4.78 is 11.1. The summed E-state index contributed by atoms with van der Waals surface area (Å²) >= 11 is 0. The molecule has 0 saturated carbocycles. The number of allylic oxidation sites excluding steroid dienone is 4. The summed E-state index contributed by atoms with van der Waals surface area (Å²) in [4.78, 5) is 0. The van der Waals surface area contributed by atoms with Crippen molar-refractivity contribution in [1.82, 2.24) is 10.6 Å². The Morgan fingerprint density at radius 3 is 2.19 bits per heavy atom. The molecule has 6 nitrogen and oxygen atoms in total. The van der Waals surface area contributed by atoms with Crippen LogP contribution in [-0.4, -0.2) is 46.1 Å². The van der Waals surface area contributed by atoms with Crippen molar-refractivity contribution in [2.75, 3.05) is 46.1 Å². The number of hydrogen-bond acceptors (Lipinski definition) is 6. The zero-order valence-corrected chi connectivity index (χ0v) is 17.3. The highest BCUT2D eigenvalue weighted by molar-refractivity contribution is 5.51. The summed E-state index contributed by atoms with van der Waals surface area (Å²) in [5, 5.41) is 25.2. The van der Waals surface area contributed by atoms with E-state index in [1.807, 2.05) is 19.1 Å². The molecule has 0 radical (unpaired) electrons. The van der Waals surface area contributed by atoms with Gasteiger partial charge in [0, 0.05) is 31.9 Å². The Balaban J connectivity index is 2.37. The Hall–Kier alpha value is -1.86. The molecule has 0 aromatic rings. The highest BCUT2D eigenvalue weighted by Gasteiger charge is 2.30. The number of nitrogens with one attached hydrogen (secondary N) is 2. The summed E-state index contributed by atoms with van der Waals surface area (Å²) in [5.41, 5.74) is 3.26. The third kappa shape index (κ3) is 8.58. The molecular formula is C21H34N4O2. The molecule has 0 saturated heterocycles. The van der Waals surface area contributed by atoms with E-state index in [9.17, 15) is 10.5 Å². The molecule has 2 N–H and O–H groups in total. The monoisotopic (exact) mass is 374 g/mol. The minimum absolute atomic E-state index is 0.0285. The number of nitrogens with zero attached hydrogens (tertiary/aromatic N) is 2. The smallest absolute Gasteiger partial charge is 0.133 e. The van der Waals surface area contributed by atoms with Crippen LogP contribution in [0, 0.1) is 28.1 Å². The molecule has 0 amide bonds. The first-order chi connectivity index (χ1) is 12.9. The van der Waals surface area contributed by atoms with E-state index in [4.69, 9.17) is 9.47 Å². The number of rotatable bonds is 12. The highest BCUT2D eigenvalue weighted by Crippen LogP contribution is 2.41. The van der Waals surface area contributed by atoms with Gasteiger partial charge in [-0.15, -0.1) is 0 Å². The van der Waals surface area contributed by atoms with Crippen LogP contribution in [0.15, 0.2) is 22.4 Å². The van der Waals surface area contributed by atoms with Gasteiger partial charge in [-0.05, 0) is 42.7 Å². The molecule has 0 bridgehead atoms. The summed E-state index contributed by atoms with van der Waals surface area (Å²) in [6.07, 6.45) is 2.71. The predicted molar refractivity (Wildman–Crippen MR) is 107 cm³/mol. The van der Waals surface area contributed by atoms with Gasteiger partial charge in [0.15, 0.2) is 0 Å². The highest BCUT2D eigenvalue weighted by atomic mass is 16.5. The van der Waals surface area contributed by atoms with E-state index >= 15 is 0 Å². The van der Waals surface area contributed by atoms with Gasteiger partial charge in [0.1, 0.15) is 17.7 Å². The van der Waals surface area contributed by atoms with E-state index in [2.05, 4.69) is 31.4 Å². The van der Waals surface area contributed by atoms with Gasteiger partial charge in [-0.25, -0.2) is 0 Å². The van der Waals surface area contributed by atoms with Crippen LogP contribution in [0.2, 0.25) is 0 Å². The van der Waals surface area contributed by atoms with Gasteiger partial charge in [-0.3, -0.25) is 0 Å². The summed E-state index contributed by atoms with van der Waals surface area (Å²) in [5.74, 6) is 0. The number of nitriles is 2. The van der Waals surface area contributed by atoms with Gasteiger partial charge >= 0.3 is 0 Å². The zero-order chi connectivity index (χ0) is 20.1. The van der Waals surface area contributed by atoms with Crippen molar-refractivity contribution in [2.45, 2.75) is 47.0 Å². The quantitative estimate of drug-likeness (QED) is 0.403. The predicted octanol–water partition coefficient (Wildman–Crippen LogP) is 3.05. The van der Waals surface area contributed by atoms with Gasteiger partial charge in [-0.2, -0.15) is 10.5 Å². The lowest BCUT2D eigenvalue weighted by Crippen LogP contribution is -2.30. The van der Waals surface area contributed by atoms with Crippen LogP contribution in [0.5, 0.6) is 0 Å². The SMILES string of the molecule is CCCOCCNCCOCCNC1=C(C)C(=C(C#N)C#N)CC(C)(C)C1. The maximum atomic E-state index is 9.22. The molecule has 6 heteroatoms. The van der Waals surface area contributed by atoms with Crippen molar-refractivity contribution in [1.29, 1.82) is 10.5 Å². The molecule has 1 rings (SSSR count). The van der Waals surface area contributed by atoms with Gasteiger partial charge in [0.2, 0.25) is 0 Å². The summed E-state index contributed by atoms with van der Waals surface area (Å²) in [7, 11) is 0. The molecule has 0 unspecified atom stereocenters. The first-order valence-electron chi connectivity index (χ1n) is 9.78. The second-order valence-corrected chi connectivity index (χ2v) is 7.60. The lowest BCUT2D eigenvalue weighted by Gasteiger charge is -2.34. The van der Waals surface area contributed by atoms with E-state index in [0.29, 0.717) is 19.8 Å². The van der Waals surface area contributed by atoms with Crippen molar-refractivity contribution >= 4 is 0 Å². The fraction of sp³-hybridized carbons (Fsp3) is 0.714. The third-order valence-corrected chi connectivity index (χ3v) is 4.52. The van der Waals surface area contributed by atoms with Gasteiger partial charge in [-0.1, -0.05) is 20.8 Å². The van der Waals surface area contributed by atoms with Gasteiger partial charge in [0.25, 0.3) is 0 Å². The van der Waals surface area contributed by atoms with E-state index in [1.54, 1.807) is 0 Å². The molecule has 1 aliphatic rings. The molecule has 0 heterocycles. The Bertz CT molecular complexity index is 593. The van der Waals surface area contributed by atoms with Crippen LogP contribution >= 0.6 is 0 Å². The average Bonchev–Trinajstić information content (AvgIpc) is 2.63. The molecule has 0 aromatic carbocycles. The Morgan fingerprint density at radius 1 is 1.00 bits per heavy atom. The van der Waals surface area contributed by atoms with Crippen LogP contribution in [0.4, 0.5) is 0 Å². The summed E-state index contributed by atoms with van der Waals surface area (Å²) in [6.45, 7) is 13.6. The first-order valence-corrected chi connectivity index (χ1v) is 9.78. The second-order valence-electron chi connectivity index (χ2n) is 7.60. The van der Waals surface area contributed by atoms with Crippen molar-refractivity contribution in [3.8, 4) is 12.1 Å². The number of ether oxygens (including phenoxy) is 2. The number of hydrogen-bond donors (Lipinski definition) is 2. The maximum Gasteiger partial charge on any atom is 0.133 e. The average molecular weight is 375 g/mol. The fourth-order valence-corrected chi connectivity index (χ4v) is 3.13. The largest absolute Gasteiger partial charge is 0.386 e. The van der Waals surface area contributed by atoms with Crippen LogP contribution in [0.3, 0.4) is 0 Å². The molecule has 0 atom stereocenters. The molecule has 0 aromatic heterocycles. The fourth-order valence-electron chi connectivity index (χ4n) is 3.13. The Labute approximate surface area is 164 Å². The van der Waals surface area contributed by atoms with Crippen molar-refractivity contribution in [3.63, 3.8) is 0 Å². The van der Waals surface area contributed by atoms with Crippen molar-refractivity contribution in [3.05, 3.63) is 22.4 Å². The maximum absolute atomic E-state index is 9.22. The minimum atomic E-state index is 0.0285. The van der Waals surface area contributed by atoms with E-state index in [0.717, 1.165) is 62.4 Å². The van der Waals surface area contributed by atoms with Crippen molar-refractivity contribution < 1.29 is 9.47 Å². The molecule has 0 aliphatic heterocycles. The molecule has 150 valence electrons. The lowest BCUT2D eigenvalue weighted by atomic mass is 9.73. The van der Waals surface area contributed by atoms with E-state index in [1.165, 1.54) is 0 Å². The Kier molecular flexibility index (Phi) is 10.7. The normalized spacial score (nSPS) is 16.0. The van der Waals surface area contributed by atoms with E-state index in [-0.39, 0.29) is 11.0 Å². The van der Waals surface area contributed by atoms with Crippen LogP contribution < -0.4 is 10.6 Å². The first kappa shape index (κ1) is 23.2. The standard InChI is InChI=1S/C21H34N4O2/c1-5-9-26-10-6-24-7-11-27-12-8-25-20-14-21(3,4)13-19(17(20)2)18(15-22)16-23/h24-25H,5-14H2,1-4H3. The van der Waals surface area contributed by atoms with Crippen LogP contribution in [-0.2, 0) is 9.47 Å². The minimum Gasteiger partial charge on any atom is -0.386 e. The third-order valence-electron chi connectivity index (χ3n) is 4.52. The lowest BCUT2D eigenvalue weighted by molar-refractivity contribution is 0.123. The molecular weight excluding hydrogens is 340 g/mol. The summed E-state index contributed by atoms with van der Waals surface area (Å²) in [6, 6.07) is 4.08. The second kappa shape index (κ2) is 12.5. The van der Waals surface area contributed by atoms with Crippen LogP contribution in [0.25, 0.3) is 0 Å². The molecule has 0 spiro atoms. The van der Waals surface area contributed by atoms with Gasteiger partial charge in [0.05, 0.1) is 19.8 Å². The van der Waals surface area contributed by atoms with Crippen molar-refractivity contribution in [2.24, 2.45) is 5.41 Å². The van der Waals surface area contributed by atoms with Gasteiger partial charge < -0.3 is 20.1 Å². The zero-order valence-electron chi connectivity index (χ0n) is 17.3. The van der Waals surface area contributed by atoms with E-state index < -0.39 is 0 Å². The molecule has 0 fully saturated rings. The topological polar surface area (TPSA) is 90.1 Å². The van der Waals surface area contributed by atoms with Crippen LogP contribution in [0.1, 0.15) is 47.0 Å². The molecule has 1 aliphatic carbocycles. The molecule has 27 heavy (non-hydrogen) atoms. The Morgan fingerprint density at radius 2 is 1.59 bits per heavy atom.